The molecule has 2 aromatic rings. The molecule has 0 atom stereocenters. The summed E-state index contributed by atoms with van der Waals surface area (Å²) in [5.41, 5.74) is 9.76. The van der Waals surface area contributed by atoms with Gasteiger partial charge in [-0.2, -0.15) is 0 Å². The Morgan fingerprint density at radius 1 is 1.17 bits per heavy atom. The number of rotatable bonds is 4. The van der Waals surface area contributed by atoms with E-state index in [0.29, 0.717) is 6.61 Å². The van der Waals surface area contributed by atoms with Crippen LogP contribution in [0.3, 0.4) is 0 Å². The predicted octanol–water partition coefficient (Wildman–Crippen LogP) is 2.90. The number of benzene rings is 1. The number of nitrogens with zero attached hydrogens (tertiary/aromatic N) is 1. The van der Waals surface area contributed by atoms with Crippen LogP contribution in [0.2, 0.25) is 0 Å². The molecule has 0 amide bonds. The molecule has 94 valence electrons. The molecule has 0 aliphatic heterocycles. The molecular formula is C15H18N2O. The fraction of sp³-hybridized carbons (Fsp3) is 0.267. The van der Waals surface area contributed by atoms with Gasteiger partial charge in [0, 0.05) is 24.0 Å². The zero-order valence-corrected chi connectivity index (χ0v) is 10.8. The summed E-state index contributed by atoms with van der Waals surface area (Å²) in [4.78, 5) is 4.27. The molecule has 0 saturated heterocycles. The summed E-state index contributed by atoms with van der Waals surface area (Å²) in [7, 11) is 0. The monoisotopic (exact) mass is 242 g/mol. The van der Waals surface area contributed by atoms with Crippen LogP contribution in [-0.2, 0) is 6.42 Å². The molecule has 0 saturated carbocycles. The van der Waals surface area contributed by atoms with Gasteiger partial charge >= 0.3 is 0 Å². The van der Waals surface area contributed by atoms with E-state index in [0.717, 1.165) is 34.7 Å². The van der Waals surface area contributed by atoms with E-state index in [-0.39, 0.29) is 0 Å². The van der Waals surface area contributed by atoms with E-state index in [1.165, 1.54) is 0 Å². The van der Waals surface area contributed by atoms with Gasteiger partial charge in [0.2, 0.25) is 0 Å². The maximum Gasteiger partial charge on any atom is 0.125 e. The summed E-state index contributed by atoms with van der Waals surface area (Å²) in [6, 6.07) is 9.78. The third kappa shape index (κ3) is 3.00. The van der Waals surface area contributed by atoms with Crippen molar-refractivity contribution in [3.8, 4) is 5.75 Å². The molecule has 0 aliphatic rings. The normalized spacial score (nSPS) is 10.3. The Morgan fingerprint density at radius 2 is 1.89 bits per heavy atom. The second-order valence-corrected chi connectivity index (χ2v) is 4.40. The lowest BCUT2D eigenvalue weighted by Gasteiger charge is -2.12. The first kappa shape index (κ1) is 12.4. The third-order valence-electron chi connectivity index (χ3n) is 2.81. The van der Waals surface area contributed by atoms with E-state index in [1.54, 1.807) is 6.20 Å². The molecule has 0 aliphatic carbocycles. The average molecular weight is 242 g/mol. The van der Waals surface area contributed by atoms with Crippen LogP contribution in [0.25, 0.3) is 0 Å². The fourth-order valence-corrected chi connectivity index (χ4v) is 2.02. The Morgan fingerprint density at radius 3 is 2.50 bits per heavy atom. The Kier molecular flexibility index (Phi) is 3.82. The molecule has 2 rings (SSSR count). The molecule has 1 aromatic heterocycles. The number of ether oxygens (including phenoxy) is 1. The van der Waals surface area contributed by atoms with Crippen LogP contribution in [0, 0.1) is 13.8 Å². The van der Waals surface area contributed by atoms with Crippen LogP contribution in [0.4, 0.5) is 5.69 Å². The predicted molar refractivity (Wildman–Crippen MR) is 73.8 cm³/mol. The quantitative estimate of drug-likeness (QED) is 0.839. The van der Waals surface area contributed by atoms with Crippen LogP contribution in [0.5, 0.6) is 5.75 Å². The lowest BCUT2D eigenvalue weighted by molar-refractivity contribution is 0.316. The number of nitrogen functional groups attached to an aromatic ring is 1. The first-order valence-corrected chi connectivity index (χ1v) is 6.06. The van der Waals surface area contributed by atoms with Gasteiger partial charge in [-0.25, -0.2) is 0 Å². The molecule has 1 aromatic carbocycles. The molecule has 0 spiro atoms. The highest BCUT2D eigenvalue weighted by Gasteiger charge is 2.05. The number of aromatic nitrogens is 1. The van der Waals surface area contributed by atoms with E-state index < -0.39 is 0 Å². The van der Waals surface area contributed by atoms with E-state index in [1.807, 2.05) is 44.2 Å². The minimum atomic E-state index is 0.628. The minimum absolute atomic E-state index is 0.628. The topological polar surface area (TPSA) is 48.1 Å². The van der Waals surface area contributed by atoms with Crippen molar-refractivity contribution in [2.75, 3.05) is 12.3 Å². The molecule has 0 radical (unpaired) electrons. The van der Waals surface area contributed by atoms with Crippen molar-refractivity contribution in [1.82, 2.24) is 4.98 Å². The zero-order chi connectivity index (χ0) is 13.0. The van der Waals surface area contributed by atoms with Crippen LogP contribution >= 0.6 is 0 Å². The molecule has 3 heteroatoms. The van der Waals surface area contributed by atoms with Crippen LogP contribution in [0.15, 0.2) is 36.5 Å². The van der Waals surface area contributed by atoms with Gasteiger partial charge in [0.15, 0.2) is 0 Å². The van der Waals surface area contributed by atoms with Crippen LogP contribution in [0.1, 0.15) is 16.8 Å². The van der Waals surface area contributed by atoms with Gasteiger partial charge in [-0.15, -0.1) is 0 Å². The number of hydrogen-bond donors (Lipinski definition) is 1. The SMILES string of the molecule is Cc1cc(N)cc(C)c1OCCc1ccccn1. The standard InChI is InChI=1S/C15H18N2O/c1-11-9-13(16)10-12(2)15(11)18-8-6-14-5-3-4-7-17-14/h3-5,7,9-10H,6,8,16H2,1-2H3. The number of pyridine rings is 1. The highest BCUT2D eigenvalue weighted by atomic mass is 16.5. The summed E-state index contributed by atoms with van der Waals surface area (Å²) in [5, 5.41) is 0. The number of nitrogens with two attached hydrogens (primary N) is 1. The third-order valence-corrected chi connectivity index (χ3v) is 2.81. The summed E-state index contributed by atoms with van der Waals surface area (Å²) in [6.45, 7) is 4.65. The van der Waals surface area contributed by atoms with Gasteiger partial charge in [-0.1, -0.05) is 6.07 Å². The van der Waals surface area contributed by atoms with E-state index >= 15 is 0 Å². The summed E-state index contributed by atoms with van der Waals surface area (Å²) in [5.74, 6) is 0.931. The Balaban J connectivity index is 1.99. The second-order valence-electron chi connectivity index (χ2n) is 4.40. The molecule has 0 bridgehead atoms. The highest BCUT2D eigenvalue weighted by Crippen LogP contribution is 2.25. The van der Waals surface area contributed by atoms with E-state index in [4.69, 9.17) is 10.5 Å². The highest BCUT2D eigenvalue weighted by molar-refractivity contribution is 5.52. The van der Waals surface area contributed by atoms with Gasteiger partial charge in [0.25, 0.3) is 0 Å². The van der Waals surface area contributed by atoms with Gasteiger partial charge in [0.05, 0.1) is 6.61 Å². The number of aryl methyl sites for hydroxylation is 2. The van der Waals surface area contributed by atoms with Crippen molar-refractivity contribution in [1.29, 1.82) is 0 Å². The molecule has 2 N–H and O–H groups in total. The second kappa shape index (κ2) is 5.54. The average Bonchev–Trinajstić information content (AvgIpc) is 2.34. The van der Waals surface area contributed by atoms with Crippen molar-refractivity contribution < 1.29 is 4.74 Å². The van der Waals surface area contributed by atoms with Crippen LogP contribution in [-0.4, -0.2) is 11.6 Å². The first-order chi connectivity index (χ1) is 8.66. The molecule has 3 nitrogen and oxygen atoms in total. The van der Waals surface area contributed by atoms with Gasteiger partial charge < -0.3 is 10.5 Å². The lowest BCUT2D eigenvalue weighted by Crippen LogP contribution is -2.05. The van der Waals surface area contributed by atoms with Crippen molar-refractivity contribution in [3.05, 3.63) is 53.3 Å². The van der Waals surface area contributed by atoms with E-state index in [2.05, 4.69) is 4.98 Å². The van der Waals surface area contributed by atoms with Crippen molar-refractivity contribution >= 4 is 5.69 Å². The summed E-state index contributed by atoms with van der Waals surface area (Å²) in [6.07, 6.45) is 2.61. The number of anilines is 1. The Hall–Kier alpha value is -2.03. The fourth-order valence-electron chi connectivity index (χ4n) is 2.02. The number of hydrogen-bond acceptors (Lipinski definition) is 3. The largest absolute Gasteiger partial charge is 0.493 e. The van der Waals surface area contributed by atoms with Gasteiger partial charge in [-0.3, -0.25) is 4.98 Å². The molecule has 0 fully saturated rings. The molecule has 18 heavy (non-hydrogen) atoms. The minimum Gasteiger partial charge on any atom is -0.493 e. The van der Waals surface area contributed by atoms with Crippen molar-refractivity contribution in [2.45, 2.75) is 20.3 Å². The van der Waals surface area contributed by atoms with Crippen LogP contribution < -0.4 is 10.5 Å². The van der Waals surface area contributed by atoms with E-state index in [9.17, 15) is 0 Å². The molecule has 0 unspecified atom stereocenters. The zero-order valence-electron chi connectivity index (χ0n) is 10.8. The lowest BCUT2D eigenvalue weighted by atomic mass is 10.1. The maximum absolute atomic E-state index is 5.83. The van der Waals surface area contributed by atoms with Gasteiger partial charge in [0.1, 0.15) is 5.75 Å². The smallest absolute Gasteiger partial charge is 0.125 e. The maximum atomic E-state index is 5.83. The molecule has 1 heterocycles. The van der Waals surface area contributed by atoms with Crippen molar-refractivity contribution in [3.63, 3.8) is 0 Å². The van der Waals surface area contributed by atoms with Gasteiger partial charge in [-0.05, 0) is 49.2 Å². The summed E-state index contributed by atoms with van der Waals surface area (Å²) >= 11 is 0. The summed E-state index contributed by atoms with van der Waals surface area (Å²) < 4.78 is 5.83. The Labute approximate surface area is 108 Å². The molecular weight excluding hydrogens is 224 g/mol. The Bertz CT molecular complexity index is 500. The van der Waals surface area contributed by atoms with Crippen molar-refractivity contribution in [2.24, 2.45) is 0 Å². The first-order valence-electron chi connectivity index (χ1n) is 6.06.